The van der Waals surface area contributed by atoms with Crippen LogP contribution in [0, 0.1) is 0 Å². The third kappa shape index (κ3) is 2.19. The van der Waals surface area contributed by atoms with E-state index in [1.807, 2.05) is 0 Å². The van der Waals surface area contributed by atoms with Gasteiger partial charge in [-0.3, -0.25) is 4.79 Å². The Bertz CT molecular complexity index is 317. The van der Waals surface area contributed by atoms with Gasteiger partial charge in [-0.2, -0.15) is 5.10 Å². The van der Waals surface area contributed by atoms with Crippen molar-refractivity contribution in [1.29, 1.82) is 0 Å². The highest BCUT2D eigenvalue weighted by atomic mass is 16.1. The molecule has 1 amide bonds. The molecular formula is C8H10N4O. The SMILES string of the molecule is N/N=C(\N)c1ccc(NC=O)cc1. The van der Waals surface area contributed by atoms with Gasteiger partial charge in [-0.15, -0.1) is 0 Å². The van der Waals surface area contributed by atoms with E-state index < -0.39 is 0 Å². The van der Waals surface area contributed by atoms with E-state index in [0.717, 1.165) is 5.56 Å². The van der Waals surface area contributed by atoms with Crippen molar-refractivity contribution in [2.24, 2.45) is 16.7 Å². The number of hydrogen-bond donors (Lipinski definition) is 3. The fourth-order valence-corrected chi connectivity index (χ4v) is 0.880. The molecule has 13 heavy (non-hydrogen) atoms. The Morgan fingerprint density at radius 2 is 2.00 bits per heavy atom. The zero-order valence-corrected chi connectivity index (χ0v) is 6.90. The zero-order valence-electron chi connectivity index (χ0n) is 6.90. The van der Waals surface area contributed by atoms with E-state index >= 15 is 0 Å². The first-order chi connectivity index (χ1) is 6.27. The predicted octanol–water partition coefficient (Wildman–Crippen LogP) is -0.166. The number of hydrogen-bond acceptors (Lipinski definition) is 3. The lowest BCUT2D eigenvalue weighted by Crippen LogP contribution is -2.15. The first kappa shape index (κ1) is 9.05. The van der Waals surface area contributed by atoms with Crippen molar-refractivity contribution in [2.75, 3.05) is 5.32 Å². The molecule has 1 aromatic carbocycles. The van der Waals surface area contributed by atoms with Gasteiger partial charge in [0.1, 0.15) is 5.84 Å². The van der Waals surface area contributed by atoms with Crippen LogP contribution in [0.15, 0.2) is 29.4 Å². The highest BCUT2D eigenvalue weighted by Crippen LogP contribution is 2.07. The molecule has 0 saturated heterocycles. The lowest BCUT2D eigenvalue weighted by Gasteiger charge is -2.00. The molecule has 68 valence electrons. The molecular weight excluding hydrogens is 168 g/mol. The third-order valence-corrected chi connectivity index (χ3v) is 1.55. The lowest BCUT2D eigenvalue weighted by atomic mass is 10.2. The minimum Gasteiger partial charge on any atom is -0.382 e. The molecule has 1 rings (SSSR count). The van der Waals surface area contributed by atoms with Gasteiger partial charge in [0, 0.05) is 11.3 Å². The van der Waals surface area contributed by atoms with Crippen molar-refractivity contribution in [3.63, 3.8) is 0 Å². The van der Waals surface area contributed by atoms with E-state index in [1.54, 1.807) is 24.3 Å². The Morgan fingerprint density at radius 3 is 2.46 bits per heavy atom. The summed E-state index contributed by atoms with van der Waals surface area (Å²) in [4.78, 5) is 10.1. The van der Waals surface area contributed by atoms with Crippen molar-refractivity contribution in [3.8, 4) is 0 Å². The van der Waals surface area contributed by atoms with Gasteiger partial charge in [0.15, 0.2) is 0 Å². The Labute approximate surface area is 75.4 Å². The molecule has 0 aliphatic carbocycles. The highest BCUT2D eigenvalue weighted by molar-refractivity contribution is 5.97. The number of benzene rings is 1. The van der Waals surface area contributed by atoms with Gasteiger partial charge in [0.25, 0.3) is 0 Å². The number of anilines is 1. The van der Waals surface area contributed by atoms with E-state index in [4.69, 9.17) is 11.6 Å². The molecule has 5 N–H and O–H groups in total. The lowest BCUT2D eigenvalue weighted by molar-refractivity contribution is -0.105. The van der Waals surface area contributed by atoms with Gasteiger partial charge in [0.2, 0.25) is 6.41 Å². The van der Waals surface area contributed by atoms with Crippen LogP contribution in [-0.2, 0) is 4.79 Å². The van der Waals surface area contributed by atoms with Gasteiger partial charge in [-0.25, -0.2) is 0 Å². The quantitative estimate of drug-likeness (QED) is 0.197. The van der Waals surface area contributed by atoms with Crippen molar-refractivity contribution in [3.05, 3.63) is 29.8 Å². The molecule has 0 bridgehead atoms. The molecule has 0 aromatic heterocycles. The maximum Gasteiger partial charge on any atom is 0.211 e. The predicted molar refractivity (Wildman–Crippen MR) is 51.0 cm³/mol. The number of carbonyl (C=O) groups is 1. The van der Waals surface area contributed by atoms with E-state index in [-0.39, 0.29) is 5.84 Å². The summed E-state index contributed by atoms with van der Waals surface area (Å²) in [5.74, 6) is 5.25. The molecule has 0 aliphatic heterocycles. The van der Waals surface area contributed by atoms with Crippen LogP contribution in [0.5, 0.6) is 0 Å². The summed E-state index contributed by atoms with van der Waals surface area (Å²) in [6.07, 6.45) is 0.607. The standard InChI is InChI=1S/C8H10N4O/c9-8(12-10)6-1-3-7(4-2-6)11-5-13/h1-5H,10H2,(H2,9,12)(H,11,13). The van der Waals surface area contributed by atoms with Crippen LogP contribution >= 0.6 is 0 Å². The van der Waals surface area contributed by atoms with E-state index in [9.17, 15) is 4.79 Å². The molecule has 0 unspecified atom stereocenters. The second-order valence-corrected chi connectivity index (χ2v) is 2.35. The molecule has 5 nitrogen and oxygen atoms in total. The smallest absolute Gasteiger partial charge is 0.211 e. The monoisotopic (exact) mass is 178 g/mol. The second-order valence-electron chi connectivity index (χ2n) is 2.35. The zero-order chi connectivity index (χ0) is 9.68. The van der Waals surface area contributed by atoms with Gasteiger partial charge >= 0.3 is 0 Å². The van der Waals surface area contributed by atoms with Crippen LogP contribution in [0.3, 0.4) is 0 Å². The first-order valence-electron chi connectivity index (χ1n) is 3.62. The van der Waals surface area contributed by atoms with Crippen LogP contribution in [0.1, 0.15) is 5.56 Å². The summed E-state index contributed by atoms with van der Waals surface area (Å²) in [5.41, 5.74) is 6.87. The van der Waals surface area contributed by atoms with Crippen molar-refractivity contribution in [1.82, 2.24) is 0 Å². The Kier molecular flexibility index (Phi) is 2.86. The molecule has 0 heterocycles. The van der Waals surface area contributed by atoms with E-state index in [1.165, 1.54) is 0 Å². The minimum absolute atomic E-state index is 0.262. The second kappa shape index (κ2) is 4.10. The first-order valence-corrected chi connectivity index (χ1v) is 3.62. The van der Waals surface area contributed by atoms with Crippen molar-refractivity contribution >= 4 is 17.9 Å². The topological polar surface area (TPSA) is 93.5 Å². The molecule has 1 aromatic rings. The summed E-state index contributed by atoms with van der Waals surface area (Å²) >= 11 is 0. The van der Waals surface area contributed by atoms with Crippen LogP contribution in [0.2, 0.25) is 0 Å². The molecule has 0 radical (unpaired) electrons. The number of nitrogens with one attached hydrogen (secondary N) is 1. The summed E-state index contributed by atoms with van der Waals surface area (Å²) in [7, 11) is 0. The normalized spacial score (nSPS) is 10.9. The number of nitrogens with zero attached hydrogens (tertiary/aromatic N) is 1. The maximum atomic E-state index is 10.1. The fourth-order valence-electron chi connectivity index (χ4n) is 0.880. The number of nitrogens with two attached hydrogens (primary N) is 2. The number of amides is 1. The molecule has 0 saturated carbocycles. The summed E-state index contributed by atoms with van der Waals surface area (Å²) < 4.78 is 0. The van der Waals surface area contributed by atoms with E-state index in [2.05, 4.69) is 10.4 Å². The van der Waals surface area contributed by atoms with Crippen LogP contribution in [0.4, 0.5) is 5.69 Å². The number of amidine groups is 1. The third-order valence-electron chi connectivity index (χ3n) is 1.55. The summed E-state index contributed by atoms with van der Waals surface area (Å²) in [5, 5.41) is 5.84. The minimum atomic E-state index is 0.262. The average molecular weight is 178 g/mol. The summed E-state index contributed by atoms with van der Waals surface area (Å²) in [6, 6.07) is 6.86. The molecule has 0 atom stereocenters. The van der Waals surface area contributed by atoms with E-state index in [0.29, 0.717) is 12.1 Å². The molecule has 0 aliphatic rings. The molecule has 5 heteroatoms. The average Bonchev–Trinajstić information content (AvgIpc) is 2.18. The number of hydrazone groups is 1. The van der Waals surface area contributed by atoms with Gasteiger partial charge in [-0.05, 0) is 24.3 Å². The Hall–Kier alpha value is -2.04. The van der Waals surface area contributed by atoms with Crippen LogP contribution in [0.25, 0.3) is 0 Å². The van der Waals surface area contributed by atoms with Crippen LogP contribution in [-0.4, -0.2) is 12.2 Å². The van der Waals surface area contributed by atoms with Crippen molar-refractivity contribution in [2.45, 2.75) is 0 Å². The Balaban J connectivity index is 2.87. The van der Waals surface area contributed by atoms with Crippen molar-refractivity contribution < 1.29 is 4.79 Å². The Morgan fingerprint density at radius 1 is 1.38 bits per heavy atom. The summed E-state index contributed by atoms with van der Waals surface area (Å²) in [6.45, 7) is 0. The van der Waals surface area contributed by atoms with Gasteiger partial charge in [-0.1, -0.05) is 0 Å². The van der Waals surface area contributed by atoms with Gasteiger partial charge in [0.05, 0.1) is 0 Å². The molecule has 0 spiro atoms. The maximum absolute atomic E-state index is 10.1. The number of rotatable bonds is 3. The fraction of sp³-hybridized carbons (Fsp3) is 0. The van der Waals surface area contributed by atoms with Gasteiger partial charge < -0.3 is 16.9 Å². The molecule has 0 fully saturated rings. The van der Waals surface area contributed by atoms with Crippen LogP contribution < -0.4 is 16.9 Å². The number of carbonyl (C=O) groups excluding carboxylic acids is 1. The highest BCUT2D eigenvalue weighted by Gasteiger charge is 1.96. The largest absolute Gasteiger partial charge is 0.382 e.